The molecule has 2 aromatic carbocycles. The van der Waals surface area contributed by atoms with E-state index in [1.54, 1.807) is 18.3 Å². The lowest BCUT2D eigenvalue weighted by Gasteiger charge is -2.10. The summed E-state index contributed by atoms with van der Waals surface area (Å²) in [6.07, 6.45) is -2.78. The summed E-state index contributed by atoms with van der Waals surface area (Å²) in [6, 6.07) is 8.78. The third-order valence-corrected chi connectivity index (χ3v) is 3.38. The van der Waals surface area contributed by atoms with Gasteiger partial charge in [0.25, 0.3) is 0 Å². The van der Waals surface area contributed by atoms with E-state index in [0.717, 1.165) is 28.6 Å². The number of hydrogen-bond acceptors (Lipinski definition) is 1. The van der Waals surface area contributed by atoms with Gasteiger partial charge in [0.15, 0.2) is 0 Å². The number of hydrogen-bond donors (Lipinski definition) is 1. The zero-order valence-electron chi connectivity index (χ0n) is 10.0. The first-order valence-corrected chi connectivity index (χ1v) is 6.14. The van der Waals surface area contributed by atoms with Gasteiger partial charge in [0.05, 0.1) is 17.3 Å². The van der Waals surface area contributed by atoms with Crippen molar-refractivity contribution in [3.63, 3.8) is 0 Å². The van der Waals surface area contributed by atoms with Crippen molar-refractivity contribution in [2.75, 3.05) is 0 Å². The van der Waals surface area contributed by atoms with Gasteiger partial charge in [-0.25, -0.2) is 0 Å². The summed E-state index contributed by atoms with van der Waals surface area (Å²) in [5.74, 6) is 0. The molecule has 6 heteroatoms. The fourth-order valence-electron chi connectivity index (χ4n) is 2.11. The second-order valence-electron chi connectivity index (χ2n) is 4.33. The van der Waals surface area contributed by atoms with Crippen LogP contribution in [0.15, 0.2) is 42.6 Å². The fourth-order valence-corrected chi connectivity index (χ4v) is 2.40. The maximum Gasteiger partial charge on any atom is 0.416 e. The Morgan fingerprint density at radius 1 is 1.05 bits per heavy atom. The van der Waals surface area contributed by atoms with Gasteiger partial charge >= 0.3 is 6.18 Å². The van der Waals surface area contributed by atoms with Gasteiger partial charge in [0.1, 0.15) is 0 Å². The van der Waals surface area contributed by atoms with Crippen molar-refractivity contribution >= 4 is 22.5 Å². The number of aromatic amines is 1. The molecular weight excluding hydrogens is 289 g/mol. The smallest absolute Gasteiger partial charge is 0.278 e. The van der Waals surface area contributed by atoms with Crippen LogP contribution in [0.2, 0.25) is 5.02 Å². The average Bonchev–Trinajstić information content (AvgIpc) is 2.85. The molecule has 3 aromatic rings. The minimum Gasteiger partial charge on any atom is -0.278 e. The highest BCUT2D eigenvalue weighted by molar-refractivity contribution is 6.33. The van der Waals surface area contributed by atoms with E-state index < -0.39 is 11.7 Å². The van der Waals surface area contributed by atoms with Crippen molar-refractivity contribution in [2.24, 2.45) is 0 Å². The molecule has 0 bridgehead atoms. The normalized spacial score (nSPS) is 12.0. The van der Waals surface area contributed by atoms with E-state index in [1.165, 1.54) is 6.07 Å². The average molecular weight is 297 g/mol. The number of fused-ring (bicyclic) bond motifs is 1. The minimum absolute atomic E-state index is 0.0634. The number of halogens is 4. The highest BCUT2D eigenvalue weighted by Gasteiger charge is 2.31. The summed E-state index contributed by atoms with van der Waals surface area (Å²) in [7, 11) is 0. The summed E-state index contributed by atoms with van der Waals surface area (Å²) in [5, 5.41) is 7.62. The van der Waals surface area contributed by atoms with Gasteiger partial charge in [-0.3, -0.25) is 5.10 Å². The Kier molecular flexibility index (Phi) is 2.94. The lowest BCUT2D eigenvalue weighted by Crippen LogP contribution is -2.04. The highest BCUT2D eigenvalue weighted by Crippen LogP contribution is 2.37. The third-order valence-electron chi connectivity index (χ3n) is 3.07. The first-order chi connectivity index (χ1) is 9.47. The molecule has 0 atom stereocenters. The van der Waals surface area contributed by atoms with E-state index in [0.29, 0.717) is 5.56 Å². The molecule has 0 saturated carbocycles. The topological polar surface area (TPSA) is 28.7 Å². The summed E-state index contributed by atoms with van der Waals surface area (Å²) < 4.78 is 37.9. The number of aromatic nitrogens is 2. The molecule has 1 aromatic heterocycles. The molecule has 20 heavy (non-hydrogen) atoms. The number of H-pyrrole nitrogens is 1. The molecule has 1 heterocycles. The van der Waals surface area contributed by atoms with Crippen molar-refractivity contribution in [1.82, 2.24) is 10.2 Å². The Bertz CT molecular complexity index is 777. The van der Waals surface area contributed by atoms with Crippen molar-refractivity contribution in [3.8, 4) is 11.1 Å². The Labute approximate surface area is 117 Å². The van der Waals surface area contributed by atoms with E-state index in [1.807, 2.05) is 6.07 Å². The summed E-state index contributed by atoms with van der Waals surface area (Å²) in [5.41, 5.74) is 1.34. The largest absolute Gasteiger partial charge is 0.416 e. The molecule has 0 unspecified atom stereocenters. The predicted octanol–water partition coefficient (Wildman–Crippen LogP) is 4.90. The van der Waals surface area contributed by atoms with Crippen LogP contribution in [-0.4, -0.2) is 10.2 Å². The van der Waals surface area contributed by atoms with Gasteiger partial charge in [0.2, 0.25) is 0 Å². The monoisotopic (exact) mass is 296 g/mol. The summed E-state index contributed by atoms with van der Waals surface area (Å²) in [4.78, 5) is 0. The van der Waals surface area contributed by atoms with Gasteiger partial charge < -0.3 is 0 Å². The molecule has 0 aliphatic rings. The van der Waals surface area contributed by atoms with Crippen molar-refractivity contribution in [2.45, 2.75) is 6.18 Å². The molecule has 0 aliphatic heterocycles. The van der Waals surface area contributed by atoms with Crippen LogP contribution in [0, 0.1) is 0 Å². The Hall–Kier alpha value is -2.01. The molecule has 0 radical (unpaired) electrons. The van der Waals surface area contributed by atoms with Crippen LogP contribution in [0.3, 0.4) is 0 Å². The molecular formula is C14H8ClF3N2. The van der Waals surface area contributed by atoms with Crippen LogP contribution in [0.1, 0.15) is 5.56 Å². The number of benzene rings is 2. The standard InChI is InChI=1S/C14H8ClF3N2/c15-12-6-8(14(16,17)18)4-5-10(12)9-2-1-3-13-11(9)7-19-20-13/h1-7H,(H,19,20). The molecule has 0 amide bonds. The number of rotatable bonds is 1. The van der Waals surface area contributed by atoms with Crippen LogP contribution in [0.5, 0.6) is 0 Å². The van der Waals surface area contributed by atoms with E-state index in [9.17, 15) is 13.2 Å². The second-order valence-corrected chi connectivity index (χ2v) is 4.74. The molecule has 102 valence electrons. The SMILES string of the molecule is FC(F)(F)c1ccc(-c2cccc3[nH]ncc23)c(Cl)c1. The van der Waals surface area contributed by atoms with Crippen LogP contribution < -0.4 is 0 Å². The third kappa shape index (κ3) is 2.14. The van der Waals surface area contributed by atoms with Gasteiger partial charge in [-0.2, -0.15) is 18.3 Å². The van der Waals surface area contributed by atoms with Crippen molar-refractivity contribution < 1.29 is 13.2 Å². The van der Waals surface area contributed by atoms with Crippen LogP contribution in [-0.2, 0) is 6.18 Å². The van der Waals surface area contributed by atoms with E-state index in [2.05, 4.69) is 10.2 Å². The lowest BCUT2D eigenvalue weighted by atomic mass is 10.0. The minimum atomic E-state index is -4.40. The number of alkyl halides is 3. The first-order valence-electron chi connectivity index (χ1n) is 5.76. The van der Waals surface area contributed by atoms with E-state index in [-0.39, 0.29) is 5.02 Å². The van der Waals surface area contributed by atoms with E-state index in [4.69, 9.17) is 11.6 Å². The molecule has 0 saturated heterocycles. The van der Waals surface area contributed by atoms with E-state index >= 15 is 0 Å². The fraction of sp³-hybridized carbons (Fsp3) is 0.0714. The van der Waals surface area contributed by atoms with Gasteiger partial charge in [-0.05, 0) is 23.8 Å². The Morgan fingerprint density at radius 2 is 1.85 bits per heavy atom. The number of nitrogens with zero attached hydrogens (tertiary/aromatic N) is 1. The Morgan fingerprint density at radius 3 is 2.55 bits per heavy atom. The Balaban J connectivity index is 2.18. The maximum absolute atomic E-state index is 12.6. The van der Waals surface area contributed by atoms with Crippen LogP contribution in [0.25, 0.3) is 22.0 Å². The molecule has 0 fully saturated rings. The van der Waals surface area contributed by atoms with Crippen LogP contribution >= 0.6 is 11.6 Å². The summed E-state index contributed by atoms with van der Waals surface area (Å²) in [6.45, 7) is 0. The first kappa shape index (κ1) is 13.0. The van der Waals surface area contributed by atoms with Gasteiger partial charge in [-0.1, -0.05) is 29.8 Å². The second kappa shape index (κ2) is 4.52. The molecule has 0 spiro atoms. The van der Waals surface area contributed by atoms with Gasteiger partial charge in [0, 0.05) is 16.0 Å². The zero-order valence-corrected chi connectivity index (χ0v) is 10.8. The number of nitrogens with one attached hydrogen (secondary N) is 1. The molecule has 3 rings (SSSR count). The summed E-state index contributed by atoms with van der Waals surface area (Å²) >= 11 is 6.01. The predicted molar refractivity (Wildman–Crippen MR) is 71.5 cm³/mol. The molecule has 0 aliphatic carbocycles. The maximum atomic E-state index is 12.6. The van der Waals surface area contributed by atoms with Crippen LogP contribution in [0.4, 0.5) is 13.2 Å². The highest BCUT2D eigenvalue weighted by atomic mass is 35.5. The van der Waals surface area contributed by atoms with Crippen molar-refractivity contribution in [1.29, 1.82) is 0 Å². The van der Waals surface area contributed by atoms with Crippen molar-refractivity contribution in [3.05, 3.63) is 53.2 Å². The van der Waals surface area contributed by atoms with Gasteiger partial charge in [-0.15, -0.1) is 0 Å². The molecule has 2 nitrogen and oxygen atoms in total. The molecule has 1 N–H and O–H groups in total. The quantitative estimate of drug-likeness (QED) is 0.679. The lowest BCUT2D eigenvalue weighted by molar-refractivity contribution is -0.137. The zero-order chi connectivity index (χ0) is 14.3.